The van der Waals surface area contributed by atoms with E-state index in [-0.39, 0.29) is 5.75 Å². The number of rotatable bonds is 6. The standard InChI is InChI=1S/C17H26F2N4O/c1-20-17(21-11-13-7-9-23(2)10-8-13)22-12-14-5-3-4-6-15(14)24-16(18)19/h3-6,13,16H,7-12H2,1-2H3,(H2,20,21,22). The number of hydrogen-bond acceptors (Lipinski definition) is 3. The molecule has 1 aliphatic rings. The maximum absolute atomic E-state index is 12.4. The maximum Gasteiger partial charge on any atom is 0.387 e. The van der Waals surface area contributed by atoms with Gasteiger partial charge in [0.25, 0.3) is 0 Å². The number of halogens is 2. The van der Waals surface area contributed by atoms with E-state index in [0.29, 0.717) is 24.0 Å². The van der Waals surface area contributed by atoms with Gasteiger partial charge in [-0.05, 0) is 45.0 Å². The van der Waals surface area contributed by atoms with Crippen molar-refractivity contribution in [3.05, 3.63) is 29.8 Å². The molecule has 0 radical (unpaired) electrons. The Morgan fingerprint density at radius 2 is 2.00 bits per heavy atom. The smallest absolute Gasteiger partial charge is 0.387 e. The Balaban J connectivity index is 1.81. The topological polar surface area (TPSA) is 48.9 Å². The van der Waals surface area contributed by atoms with Gasteiger partial charge in [0.05, 0.1) is 0 Å². The van der Waals surface area contributed by atoms with Gasteiger partial charge in [0.1, 0.15) is 5.75 Å². The number of guanidine groups is 1. The van der Waals surface area contributed by atoms with Gasteiger partial charge < -0.3 is 20.3 Å². The number of piperidine rings is 1. The molecule has 0 aromatic heterocycles. The first-order chi connectivity index (χ1) is 11.6. The van der Waals surface area contributed by atoms with Crippen molar-refractivity contribution in [3.63, 3.8) is 0 Å². The predicted molar refractivity (Wildman–Crippen MR) is 91.5 cm³/mol. The molecule has 134 valence electrons. The number of aliphatic imine (C=N–C) groups is 1. The minimum absolute atomic E-state index is 0.186. The molecular weight excluding hydrogens is 314 g/mol. The Morgan fingerprint density at radius 3 is 2.67 bits per heavy atom. The van der Waals surface area contributed by atoms with Crippen LogP contribution in [0.5, 0.6) is 5.75 Å². The second-order valence-electron chi connectivity index (χ2n) is 6.04. The van der Waals surface area contributed by atoms with Crippen LogP contribution in [0, 0.1) is 5.92 Å². The first kappa shape index (κ1) is 18.4. The second kappa shape index (κ2) is 9.42. The van der Waals surface area contributed by atoms with Crippen molar-refractivity contribution in [1.82, 2.24) is 15.5 Å². The van der Waals surface area contributed by atoms with Crippen LogP contribution in [0.25, 0.3) is 0 Å². The monoisotopic (exact) mass is 340 g/mol. The van der Waals surface area contributed by atoms with Crippen molar-refractivity contribution < 1.29 is 13.5 Å². The summed E-state index contributed by atoms with van der Waals surface area (Å²) >= 11 is 0. The number of likely N-dealkylation sites (tertiary alicyclic amines) is 1. The van der Waals surface area contributed by atoms with Crippen molar-refractivity contribution in [1.29, 1.82) is 0 Å². The van der Waals surface area contributed by atoms with Crippen LogP contribution in [0.3, 0.4) is 0 Å². The van der Waals surface area contributed by atoms with Crippen LogP contribution in [0.1, 0.15) is 18.4 Å². The fraction of sp³-hybridized carbons (Fsp3) is 0.588. The van der Waals surface area contributed by atoms with E-state index < -0.39 is 6.61 Å². The first-order valence-corrected chi connectivity index (χ1v) is 8.24. The largest absolute Gasteiger partial charge is 0.434 e. The van der Waals surface area contributed by atoms with Crippen molar-refractivity contribution in [2.24, 2.45) is 10.9 Å². The first-order valence-electron chi connectivity index (χ1n) is 8.24. The van der Waals surface area contributed by atoms with E-state index >= 15 is 0 Å². The van der Waals surface area contributed by atoms with E-state index in [1.807, 2.05) is 0 Å². The van der Waals surface area contributed by atoms with Crippen molar-refractivity contribution in [3.8, 4) is 5.75 Å². The lowest BCUT2D eigenvalue weighted by Gasteiger charge is -2.29. The van der Waals surface area contributed by atoms with E-state index in [0.717, 1.165) is 19.6 Å². The zero-order valence-corrected chi connectivity index (χ0v) is 14.3. The van der Waals surface area contributed by atoms with E-state index in [4.69, 9.17) is 0 Å². The molecule has 0 aliphatic carbocycles. The number of benzene rings is 1. The Bertz CT molecular complexity index is 531. The molecule has 1 fully saturated rings. The minimum atomic E-state index is -2.83. The zero-order valence-electron chi connectivity index (χ0n) is 14.3. The summed E-state index contributed by atoms with van der Waals surface area (Å²) in [6.07, 6.45) is 2.34. The Morgan fingerprint density at radius 1 is 1.29 bits per heavy atom. The Labute approximate surface area is 142 Å². The van der Waals surface area contributed by atoms with E-state index in [1.165, 1.54) is 18.9 Å². The number of hydrogen-bond donors (Lipinski definition) is 2. The third-order valence-corrected chi connectivity index (χ3v) is 4.25. The van der Waals surface area contributed by atoms with Gasteiger partial charge in [-0.3, -0.25) is 4.99 Å². The van der Waals surface area contributed by atoms with E-state index in [2.05, 4.69) is 32.3 Å². The summed E-state index contributed by atoms with van der Waals surface area (Å²) in [4.78, 5) is 6.52. The fourth-order valence-electron chi connectivity index (χ4n) is 2.77. The lowest BCUT2D eigenvalue weighted by molar-refractivity contribution is -0.0504. The summed E-state index contributed by atoms with van der Waals surface area (Å²) in [5, 5.41) is 6.47. The van der Waals surface area contributed by atoms with Gasteiger partial charge in [-0.25, -0.2) is 0 Å². The van der Waals surface area contributed by atoms with Crippen LogP contribution in [0.2, 0.25) is 0 Å². The zero-order chi connectivity index (χ0) is 17.4. The van der Waals surface area contributed by atoms with Crippen LogP contribution in [-0.2, 0) is 6.54 Å². The van der Waals surface area contributed by atoms with Gasteiger partial charge in [0.15, 0.2) is 5.96 Å². The summed E-state index contributed by atoms with van der Waals surface area (Å²) in [5.74, 6) is 1.49. The van der Waals surface area contributed by atoms with Crippen LogP contribution >= 0.6 is 0 Å². The molecule has 5 nitrogen and oxygen atoms in total. The van der Waals surface area contributed by atoms with Crippen molar-refractivity contribution >= 4 is 5.96 Å². The predicted octanol–water partition coefficient (Wildman–Crippen LogP) is 2.29. The molecule has 0 unspecified atom stereocenters. The van der Waals surface area contributed by atoms with Crippen LogP contribution in [0.15, 0.2) is 29.3 Å². The van der Waals surface area contributed by atoms with Gasteiger partial charge in [0.2, 0.25) is 0 Å². The molecule has 7 heteroatoms. The molecule has 2 rings (SSSR count). The Hall–Kier alpha value is -1.89. The third-order valence-electron chi connectivity index (χ3n) is 4.25. The summed E-state index contributed by atoms with van der Waals surface area (Å²) in [5.41, 5.74) is 0.667. The molecule has 0 amide bonds. The van der Waals surface area contributed by atoms with Crippen molar-refractivity contribution in [2.45, 2.75) is 26.0 Å². The van der Waals surface area contributed by atoms with Gasteiger partial charge in [-0.15, -0.1) is 0 Å². The average Bonchev–Trinajstić information content (AvgIpc) is 2.57. The third kappa shape index (κ3) is 5.96. The average molecular weight is 340 g/mol. The molecule has 1 aromatic rings. The lowest BCUT2D eigenvalue weighted by atomic mass is 9.97. The number of para-hydroxylation sites is 1. The molecule has 0 bridgehead atoms. The summed E-state index contributed by atoms with van der Waals surface area (Å²) in [6, 6.07) is 6.77. The number of nitrogens with zero attached hydrogens (tertiary/aromatic N) is 2. The number of ether oxygens (including phenoxy) is 1. The summed E-state index contributed by atoms with van der Waals surface area (Å²) in [6.45, 7) is 0.652. The maximum atomic E-state index is 12.4. The highest BCUT2D eigenvalue weighted by molar-refractivity contribution is 5.79. The van der Waals surface area contributed by atoms with Crippen LogP contribution < -0.4 is 15.4 Å². The van der Waals surface area contributed by atoms with Gasteiger partial charge in [-0.1, -0.05) is 18.2 Å². The van der Waals surface area contributed by atoms with Gasteiger partial charge in [-0.2, -0.15) is 8.78 Å². The molecule has 1 aromatic carbocycles. The molecule has 1 heterocycles. The molecule has 0 spiro atoms. The number of nitrogens with one attached hydrogen (secondary N) is 2. The molecule has 24 heavy (non-hydrogen) atoms. The quantitative estimate of drug-likeness (QED) is 0.616. The van der Waals surface area contributed by atoms with Gasteiger partial charge in [0, 0.05) is 25.7 Å². The molecule has 0 atom stereocenters. The van der Waals surface area contributed by atoms with Crippen LogP contribution in [-0.4, -0.2) is 51.2 Å². The van der Waals surface area contributed by atoms with E-state index in [9.17, 15) is 8.78 Å². The fourth-order valence-corrected chi connectivity index (χ4v) is 2.77. The highest BCUT2D eigenvalue weighted by atomic mass is 19.3. The van der Waals surface area contributed by atoms with E-state index in [1.54, 1.807) is 25.2 Å². The normalized spacial score (nSPS) is 17.1. The Kier molecular flexibility index (Phi) is 7.24. The number of alkyl halides is 2. The second-order valence-corrected chi connectivity index (χ2v) is 6.04. The van der Waals surface area contributed by atoms with Crippen molar-refractivity contribution in [2.75, 3.05) is 33.7 Å². The SMILES string of the molecule is CN=C(NCc1ccccc1OC(F)F)NCC1CCN(C)CC1. The highest BCUT2D eigenvalue weighted by Gasteiger charge is 2.16. The molecule has 2 N–H and O–H groups in total. The summed E-state index contributed by atoms with van der Waals surface area (Å²) in [7, 11) is 3.84. The van der Waals surface area contributed by atoms with Gasteiger partial charge >= 0.3 is 6.61 Å². The summed E-state index contributed by atoms with van der Waals surface area (Å²) < 4.78 is 29.4. The molecule has 0 saturated carbocycles. The highest BCUT2D eigenvalue weighted by Crippen LogP contribution is 2.20. The lowest BCUT2D eigenvalue weighted by Crippen LogP contribution is -2.42. The molecule has 1 saturated heterocycles. The molecule has 1 aliphatic heterocycles. The molecular formula is C17H26F2N4O. The van der Waals surface area contributed by atoms with Crippen LogP contribution in [0.4, 0.5) is 8.78 Å². The minimum Gasteiger partial charge on any atom is -0.434 e.